The number of rotatable bonds is 6. The minimum absolute atomic E-state index is 0.273. The van der Waals surface area contributed by atoms with Crippen molar-refractivity contribution in [1.29, 1.82) is 0 Å². The van der Waals surface area contributed by atoms with Gasteiger partial charge in [0.2, 0.25) is 0 Å². The number of hydrogen-bond acceptors (Lipinski definition) is 3. The number of Topliss-reactive ketones (excluding diaryl/α,β-unsaturated/α-hetero) is 1. The first-order valence-electron chi connectivity index (χ1n) is 4.76. The van der Waals surface area contributed by atoms with E-state index in [1.165, 1.54) is 0 Å². The third-order valence-electron chi connectivity index (χ3n) is 1.71. The van der Waals surface area contributed by atoms with Crippen LogP contribution >= 0.6 is 0 Å². The highest BCUT2D eigenvalue weighted by Crippen LogP contribution is 2.07. The number of carbonyl (C=O) groups excluding carboxylic acids is 1. The molecule has 0 aromatic heterocycles. The zero-order chi connectivity index (χ0) is 10.5. The summed E-state index contributed by atoms with van der Waals surface area (Å²) in [6.07, 6.45) is 2.07. The van der Waals surface area contributed by atoms with Gasteiger partial charge in [0.1, 0.15) is 5.78 Å². The van der Waals surface area contributed by atoms with Crippen molar-refractivity contribution >= 4 is 5.78 Å². The van der Waals surface area contributed by atoms with Crippen LogP contribution in [0.25, 0.3) is 0 Å². The molecule has 3 nitrogen and oxygen atoms in total. The van der Waals surface area contributed by atoms with Crippen LogP contribution in [0.4, 0.5) is 0 Å². The van der Waals surface area contributed by atoms with Crippen LogP contribution < -0.4 is 5.73 Å². The van der Waals surface area contributed by atoms with E-state index in [-0.39, 0.29) is 11.3 Å². The summed E-state index contributed by atoms with van der Waals surface area (Å²) in [4.78, 5) is 13.4. The van der Waals surface area contributed by atoms with Crippen molar-refractivity contribution < 1.29 is 4.79 Å². The van der Waals surface area contributed by atoms with Gasteiger partial charge >= 0.3 is 0 Å². The van der Waals surface area contributed by atoms with Gasteiger partial charge in [0, 0.05) is 18.4 Å². The van der Waals surface area contributed by atoms with Crippen LogP contribution in [0.1, 0.15) is 33.1 Å². The smallest absolute Gasteiger partial charge is 0.134 e. The fraction of sp³-hybridized carbons (Fsp3) is 0.900. The number of nitrogens with two attached hydrogens (primary N) is 1. The van der Waals surface area contributed by atoms with E-state index < -0.39 is 0 Å². The van der Waals surface area contributed by atoms with Crippen LogP contribution in [0.3, 0.4) is 0 Å². The predicted octanol–water partition coefficient (Wildman–Crippen LogP) is 1.02. The Morgan fingerprint density at radius 1 is 1.38 bits per heavy atom. The Morgan fingerprint density at radius 2 is 1.92 bits per heavy atom. The van der Waals surface area contributed by atoms with E-state index in [9.17, 15) is 4.79 Å². The fourth-order valence-corrected chi connectivity index (χ4v) is 1.19. The lowest BCUT2D eigenvalue weighted by Gasteiger charge is -2.17. The van der Waals surface area contributed by atoms with Crippen molar-refractivity contribution in [2.24, 2.45) is 5.73 Å². The summed E-state index contributed by atoms with van der Waals surface area (Å²) in [7, 11) is 4.02. The first-order chi connectivity index (χ1) is 5.81. The SMILES string of the molecule is CN(C)CCCC(=O)CC(C)(C)N. The Labute approximate surface area is 81.3 Å². The van der Waals surface area contributed by atoms with Gasteiger partial charge in [0.05, 0.1) is 0 Å². The van der Waals surface area contributed by atoms with Crippen LogP contribution in [-0.2, 0) is 4.79 Å². The Hall–Kier alpha value is -0.410. The molecule has 0 unspecified atom stereocenters. The number of carbonyl (C=O) groups is 1. The Kier molecular flexibility index (Phi) is 5.18. The fourth-order valence-electron chi connectivity index (χ4n) is 1.19. The topological polar surface area (TPSA) is 46.3 Å². The van der Waals surface area contributed by atoms with Crippen LogP contribution in [0, 0.1) is 0 Å². The van der Waals surface area contributed by atoms with Gasteiger partial charge in [-0.2, -0.15) is 0 Å². The molecule has 0 aliphatic rings. The maximum absolute atomic E-state index is 11.3. The molecule has 13 heavy (non-hydrogen) atoms. The molecule has 0 radical (unpaired) electrons. The molecule has 0 fully saturated rings. The third-order valence-corrected chi connectivity index (χ3v) is 1.71. The molecule has 0 amide bonds. The number of ketones is 1. The predicted molar refractivity (Wildman–Crippen MR) is 55.7 cm³/mol. The van der Waals surface area contributed by atoms with Crippen molar-refractivity contribution in [3.05, 3.63) is 0 Å². The van der Waals surface area contributed by atoms with E-state index >= 15 is 0 Å². The lowest BCUT2D eigenvalue weighted by atomic mass is 9.97. The highest BCUT2D eigenvalue weighted by molar-refractivity contribution is 5.79. The summed E-state index contributed by atoms with van der Waals surface area (Å²) < 4.78 is 0. The maximum Gasteiger partial charge on any atom is 0.134 e. The molecule has 3 heteroatoms. The van der Waals surface area contributed by atoms with Crippen LogP contribution in [0.5, 0.6) is 0 Å². The summed E-state index contributed by atoms with van der Waals surface area (Å²) in [5.41, 5.74) is 5.38. The first-order valence-corrected chi connectivity index (χ1v) is 4.76. The number of hydrogen-bond donors (Lipinski definition) is 1. The van der Waals surface area contributed by atoms with E-state index in [4.69, 9.17) is 5.73 Å². The molecule has 0 saturated carbocycles. The minimum Gasteiger partial charge on any atom is -0.325 e. The Balaban J connectivity index is 3.53. The summed E-state index contributed by atoms with van der Waals surface area (Å²) in [5.74, 6) is 0.273. The van der Waals surface area contributed by atoms with Gasteiger partial charge in [-0.3, -0.25) is 4.79 Å². The van der Waals surface area contributed by atoms with E-state index in [1.807, 2.05) is 27.9 Å². The molecular formula is C10H22N2O. The maximum atomic E-state index is 11.3. The molecule has 0 aromatic rings. The largest absolute Gasteiger partial charge is 0.325 e. The molecule has 0 saturated heterocycles. The second kappa shape index (κ2) is 5.35. The molecule has 0 aliphatic heterocycles. The van der Waals surface area contributed by atoms with E-state index in [0.29, 0.717) is 12.8 Å². The molecule has 0 heterocycles. The van der Waals surface area contributed by atoms with Gasteiger partial charge in [0.15, 0.2) is 0 Å². The van der Waals surface area contributed by atoms with Gasteiger partial charge in [-0.15, -0.1) is 0 Å². The van der Waals surface area contributed by atoms with Crippen molar-refractivity contribution in [3.63, 3.8) is 0 Å². The van der Waals surface area contributed by atoms with Crippen LogP contribution in [-0.4, -0.2) is 36.9 Å². The summed E-state index contributed by atoms with van der Waals surface area (Å²) in [6, 6.07) is 0. The monoisotopic (exact) mass is 186 g/mol. The highest BCUT2D eigenvalue weighted by Gasteiger charge is 2.15. The van der Waals surface area contributed by atoms with E-state index in [2.05, 4.69) is 4.90 Å². The van der Waals surface area contributed by atoms with Crippen LogP contribution in [0.15, 0.2) is 0 Å². The highest BCUT2D eigenvalue weighted by atomic mass is 16.1. The van der Waals surface area contributed by atoms with Gasteiger partial charge in [-0.05, 0) is 40.9 Å². The molecule has 0 atom stereocenters. The molecular weight excluding hydrogens is 164 g/mol. The average molecular weight is 186 g/mol. The molecule has 2 N–H and O–H groups in total. The molecule has 0 aliphatic carbocycles. The standard InChI is InChI=1S/C10H22N2O/c1-10(2,11)8-9(13)6-5-7-12(3)4/h5-8,11H2,1-4H3. The molecule has 0 rings (SSSR count). The Morgan fingerprint density at radius 3 is 2.31 bits per heavy atom. The second-order valence-corrected chi connectivity index (χ2v) is 4.61. The van der Waals surface area contributed by atoms with Gasteiger partial charge < -0.3 is 10.6 Å². The van der Waals surface area contributed by atoms with Crippen LogP contribution in [0.2, 0.25) is 0 Å². The molecule has 0 aromatic carbocycles. The van der Waals surface area contributed by atoms with E-state index in [1.54, 1.807) is 0 Å². The molecule has 0 spiro atoms. The molecule has 0 bridgehead atoms. The quantitative estimate of drug-likeness (QED) is 0.674. The number of nitrogens with zero attached hydrogens (tertiary/aromatic N) is 1. The summed E-state index contributed by atoms with van der Waals surface area (Å²) in [5, 5.41) is 0. The normalized spacial score (nSPS) is 12.2. The zero-order valence-corrected chi connectivity index (χ0v) is 9.26. The van der Waals surface area contributed by atoms with Gasteiger partial charge in [-0.25, -0.2) is 0 Å². The summed E-state index contributed by atoms with van der Waals surface area (Å²) >= 11 is 0. The average Bonchev–Trinajstić information content (AvgIpc) is 1.81. The zero-order valence-electron chi connectivity index (χ0n) is 9.26. The molecule has 78 valence electrons. The van der Waals surface area contributed by atoms with Crippen molar-refractivity contribution in [2.45, 2.75) is 38.6 Å². The summed E-state index contributed by atoms with van der Waals surface area (Å²) in [6.45, 7) is 4.74. The lowest BCUT2D eigenvalue weighted by molar-refractivity contribution is -0.120. The lowest BCUT2D eigenvalue weighted by Crippen LogP contribution is -2.34. The Bertz CT molecular complexity index is 159. The van der Waals surface area contributed by atoms with Gasteiger partial charge in [-0.1, -0.05) is 0 Å². The van der Waals surface area contributed by atoms with Crippen molar-refractivity contribution in [1.82, 2.24) is 4.90 Å². The third kappa shape index (κ3) is 9.50. The van der Waals surface area contributed by atoms with Crippen molar-refractivity contribution in [3.8, 4) is 0 Å². The van der Waals surface area contributed by atoms with Gasteiger partial charge in [0.25, 0.3) is 0 Å². The second-order valence-electron chi connectivity index (χ2n) is 4.61. The first kappa shape index (κ1) is 12.6. The van der Waals surface area contributed by atoms with E-state index in [0.717, 1.165) is 13.0 Å². The van der Waals surface area contributed by atoms with Crippen molar-refractivity contribution in [2.75, 3.05) is 20.6 Å². The minimum atomic E-state index is -0.352.